The molecule has 7 nitrogen and oxygen atoms in total. The summed E-state index contributed by atoms with van der Waals surface area (Å²) in [6, 6.07) is 3.96. The minimum Gasteiger partial charge on any atom is -0.436 e. The molecule has 0 fully saturated rings. The minimum atomic E-state index is -0.520. The van der Waals surface area contributed by atoms with Gasteiger partial charge in [0.1, 0.15) is 5.82 Å². The number of hydrogen-bond donors (Lipinski definition) is 1. The van der Waals surface area contributed by atoms with Crippen LogP contribution in [-0.4, -0.2) is 21.4 Å². The van der Waals surface area contributed by atoms with Gasteiger partial charge in [-0.25, -0.2) is 0 Å². The second kappa shape index (κ2) is 6.85. The van der Waals surface area contributed by atoms with Gasteiger partial charge in [-0.15, -0.1) is 0 Å². The zero-order valence-electron chi connectivity index (χ0n) is 11.2. The van der Waals surface area contributed by atoms with E-state index in [1.807, 2.05) is 6.92 Å². The molecule has 0 radical (unpaired) electrons. The molecule has 0 amide bonds. The Balaban J connectivity index is 2.21. The lowest BCUT2D eigenvalue weighted by molar-refractivity contribution is -0.384. The molecule has 8 heteroatoms. The number of ether oxygens (including phenoxy) is 1. The number of benzene rings is 1. The van der Waals surface area contributed by atoms with Gasteiger partial charge in [-0.05, 0) is 12.5 Å². The first-order valence-electron chi connectivity index (χ1n) is 6.28. The third kappa shape index (κ3) is 4.03. The van der Waals surface area contributed by atoms with Crippen molar-refractivity contribution in [2.45, 2.75) is 13.3 Å². The first kappa shape index (κ1) is 15.0. The van der Waals surface area contributed by atoms with Gasteiger partial charge in [-0.1, -0.05) is 18.5 Å². The molecule has 21 heavy (non-hydrogen) atoms. The maximum absolute atomic E-state index is 10.8. The van der Waals surface area contributed by atoms with Crippen LogP contribution in [0.25, 0.3) is 0 Å². The molecule has 0 aliphatic rings. The number of rotatable bonds is 6. The Kier molecular flexibility index (Phi) is 4.89. The van der Waals surface area contributed by atoms with Crippen LogP contribution < -0.4 is 10.1 Å². The molecule has 1 N–H and O–H groups in total. The van der Waals surface area contributed by atoms with E-state index < -0.39 is 4.92 Å². The Morgan fingerprint density at radius 3 is 2.95 bits per heavy atom. The van der Waals surface area contributed by atoms with Crippen LogP contribution in [-0.2, 0) is 0 Å². The van der Waals surface area contributed by atoms with Gasteiger partial charge in [0.15, 0.2) is 5.75 Å². The van der Waals surface area contributed by atoms with Crippen molar-refractivity contribution >= 4 is 23.1 Å². The summed E-state index contributed by atoms with van der Waals surface area (Å²) in [6.07, 6.45) is 3.92. The molecule has 0 spiro atoms. The third-order valence-corrected chi connectivity index (χ3v) is 2.82. The predicted octanol–water partition coefficient (Wildman–Crippen LogP) is 3.65. The largest absolute Gasteiger partial charge is 0.436 e. The van der Waals surface area contributed by atoms with Crippen molar-refractivity contribution in [3.05, 3.63) is 45.7 Å². The molecule has 0 bridgehead atoms. The zero-order chi connectivity index (χ0) is 15.2. The maximum Gasteiger partial charge on any atom is 0.273 e. The monoisotopic (exact) mass is 308 g/mol. The van der Waals surface area contributed by atoms with Crippen molar-refractivity contribution in [1.29, 1.82) is 0 Å². The zero-order valence-corrected chi connectivity index (χ0v) is 12.0. The highest BCUT2D eigenvalue weighted by atomic mass is 35.5. The van der Waals surface area contributed by atoms with Crippen LogP contribution >= 0.6 is 11.6 Å². The Morgan fingerprint density at radius 1 is 1.43 bits per heavy atom. The van der Waals surface area contributed by atoms with Crippen molar-refractivity contribution in [1.82, 2.24) is 9.97 Å². The normalized spacial score (nSPS) is 10.2. The SMILES string of the molecule is CCCNc1cncc(Oc2cc([N+](=O)[O-])ccc2Cl)n1. The molecule has 1 aromatic heterocycles. The quantitative estimate of drug-likeness (QED) is 0.647. The molecular formula is C13H13ClN4O3. The summed E-state index contributed by atoms with van der Waals surface area (Å²) < 4.78 is 5.47. The van der Waals surface area contributed by atoms with E-state index in [-0.39, 0.29) is 22.3 Å². The van der Waals surface area contributed by atoms with E-state index >= 15 is 0 Å². The lowest BCUT2D eigenvalue weighted by atomic mass is 10.3. The van der Waals surface area contributed by atoms with Gasteiger partial charge in [0.2, 0.25) is 5.88 Å². The summed E-state index contributed by atoms with van der Waals surface area (Å²) in [7, 11) is 0. The first-order valence-corrected chi connectivity index (χ1v) is 6.65. The van der Waals surface area contributed by atoms with Crippen molar-refractivity contribution in [3.63, 3.8) is 0 Å². The van der Waals surface area contributed by atoms with Gasteiger partial charge in [-0.2, -0.15) is 4.98 Å². The Labute approximate surface area is 126 Å². The number of hydrogen-bond acceptors (Lipinski definition) is 6. The van der Waals surface area contributed by atoms with E-state index in [0.717, 1.165) is 13.0 Å². The highest BCUT2D eigenvalue weighted by Crippen LogP contribution is 2.32. The van der Waals surface area contributed by atoms with Crippen LogP contribution in [0.1, 0.15) is 13.3 Å². The number of nitro groups is 1. The lowest BCUT2D eigenvalue weighted by Gasteiger charge is -2.08. The van der Waals surface area contributed by atoms with Gasteiger partial charge in [-0.3, -0.25) is 15.1 Å². The summed E-state index contributed by atoms with van der Waals surface area (Å²) in [5, 5.41) is 14.1. The van der Waals surface area contributed by atoms with Crippen LogP contribution in [0.3, 0.4) is 0 Å². The van der Waals surface area contributed by atoms with E-state index in [1.165, 1.54) is 24.4 Å². The van der Waals surface area contributed by atoms with E-state index in [1.54, 1.807) is 6.20 Å². The topological polar surface area (TPSA) is 90.2 Å². The summed E-state index contributed by atoms with van der Waals surface area (Å²) >= 11 is 5.96. The molecule has 0 atom stereocenters. The maximum atomic E-state index is 10.8. The van der Waals surface area contributed by atoms with Gasteiger partial charge in [0.25, 0.3) is 5.69 Å². The fourth-order valence-electron chi connectivity index (χ4n) is 1.53. The van der Waals surface area contributed by atoms with Gasteiger partial charge < -0.3 is 10.1 Å². The number of nitro benzene ring substituents is 1. The smallest absolute Gasteiger partial charge is 0.273 e. The Bertz CT molecular complexity index is 651. The second-order valence-corrected chi connectivity index (χ2v) is 4.55. The molecule has 1 heterocycles. The van der Waals surface area contributed by atoms with E-state index in [0.29, 0.717) is 5.82 Å². The number of anilines is 1. The molecule has 2 rings (SSSR count). The van der Waals surface area contributed by atoms with E-state index in [2.05, 4.69) is 15.3 Å². The van der Waals surface area contributed by atoms with Crippen LogP contribution in [0.5, 0.6) is 11.6 Å². The molecule has 0 unspecified atom stereocenters. The van der Waals surface area contributed by atoms with Gasteiger partial charge >= 0.3 is 0 Å². The molecule has 1 aromatic carbocycles. The number of nitrogens with zero attached hydrogens (tertiary/aromatic N) is 3. The average molecular weight is 309 g/mol. The predicted molar refractivity (Wildman–Crippen MR) is 79.0 cm³/mol. The lowest BCUT2D eigenvalue weighted by Crippen LogP contribution is -2.03. The molecular weight excluding hydrogens is 296 g/mol. The standard InChI is InChI=1S/C13H13ClN4O3/c1-2-5-16-12-7-15-8-13(17-12)21-11-6-9(18(19)20)3-4-10(11)14/h3-4,6-8H,2,5H2,1H3,(H,16,17). The second-order valence-electron chi connectivity index (χ2n) is 4.14. The number of halogens is 1. The first-order chi connectivity index (χ1) is 10.1. The van der Waals surface area contributed by atoms with Crippen LogP contribution in [0.15, 0.2) is 30.6 Å². The number of nitrogens with one attached hydrogen (secondary N) is 1. The number of non-ortho nitro benzene ring substituents is 1. The van der Waals surface area contributed by atoms with Gasteiger partial charge in [0.05, 0.1) is 28.4 Å². The van der Waals surface area contributed by atoms with Crippen LogP contribution in [0.2, 0.25) is 5.02 Å². The minimum absolute atomic E-state index is 0.109. The summed E-state index contributed by atoms with van der Waals surface area (Å²) in [4.78, 5) is 18.4. The highest BCUT2D eigenvalue weighted by Gasteiger charge is 2.12. The highest BCUT2D eigenvalue weighted by molar-refractivity contribution is 6.32. The van der Waals surface area contributed by atoms with E-state index in [9.17, 15) is 10.1 Å². The van der Waals surface area contributed by atoms with Crippen LogP contribution in [0.4, 0.5) is 11.5 Å². The summed E-state index contributed by atoms with van der Waals surface area (Å²) in [5.74, 6) is 0.933. The number of aromatic nitrogens is 2. The van der Waals surface area contributed by atoms with Crippen LogP contribution in [0, 0.1) is 10.1 Å². The molecule has 0 aliphatic carbocycles. The fraction of sp³-hybridized carbons (Fsp3) is 0.231. The molecule has 0 aliphatic heterocycles. The third-order valence-electron chi connectivity index (χ3n) is 2.51. The van der Waals surface area contributed by atoms with Gasteiger partial charge in [0, 0.05) is 12.6 Å². The van der Waals surface area contributed by atoms with Crippen molar-refractivity contribution in [2.75, 3.05) is 11.9 Å². The fourth-order valence-corrected chi connectivity index (χ4v) is 1.69. The van der Waals surface area contributed by atoms with E-state index in [4.69, 9.17) is 16.3 Å². The van der Waals surface area contributed by atoms with Crippen molar-refractivity contribution < 1.29 is 9.66 Å². The summed E-state index contributed by atoms with van der Waals surface area (Å²) in [6.45, 7) is 2.79. The van der Waals surface area contributed by atoms with Crippen molar-refractivity contribution in [2.24, 2.45) is 0 Å². The Morgan fingerprint density at radius 2 is 2.24 bits per heavy atom. The molecule has 2 aromatic rings. The average Bonchev–Trinajstić information content (AvgIpc) is 2.47. The van der Waals surface area contributed by atoms with Crippen molar-refractivity contribution in [3.8, 4) is 11.6 Å². The summed E-state index contributed by atoms with van der Waals surface area (Å²) in [5.41, 5.74) is -0.109. The molecule has 110 valence electrons. The Hall–Kier alpha value is -2.41. The molecule has 0 saturated carbocycles. The molecule has 0 saturated heterocycles.